The number of morpholine rings is 1. The van der Waals surface area contributed by atoms with E-state index in [2.05, 4.69) is 27.7 Å². The summed E-state index contributed by atoms with van der Waals surface area (Å²) in [5, 5.41) is 6.32. The lowest BCUT2D eigenvalue weighted by molar-refractivity contribution is -0.120. The molecule has 5 heteroatoms. The predicted octanol–water partition coefficient (Wildman–Crippen LogP) is 1.50. The van der Waals surface area contributed by atoms with E-state index in [4.69, 9.17) is 4.74 Å². The van der Waals surface area contributed by atoms with Crippen molar-refractivity contribution in [2.75, 3.05) is 51.3 Å². The van der Waals surface area contributed by atoms with Crippen LogP contribution in [0, 0.1) is 5.92 Å². The molecule has 1 aromatic carbocycles. The third-order valence-corrected chi connectivity index (χ3v) is 4.71. The van der Waals surface area contributed by atoms with Crippen LogP contribution in [0.15, 0.2) is 24.3 Å². The molecule has 1 atom stereocenters. The predicted molar refractivity (Wildman–Crippen MR) is 91.6 cm³/mol. The second-order valence-corrected chi connectivity index (χ2v) is 6.43. The molecular formula is C18H27N3O2. The molecule has 0 radical (unpaired) electrons. The van der Waals surface area contributed by atoms with Gasteiger partial charge in [-0.25, -0.2) is 0 Å². The molecule has 23 heavy (non-hydrogen) atoms. The quantitative estimate of drug-likeness (QED) is 0.864. The summed E-state index contributed by atoms with van der Waals surface area (Å²) < 4.78 is 5.37. The van der Waals surface area contributed by atoms with Crippen LogP contribution in [0.4, 0.5) is 5.69 Å². The molecule has 2 aliphatic heterocycles. The molecule has 126 valence electrons. The first-order chi connectivity index (χ1) is 11.3. The number of rotatable bonds is 5. The molecule has 2 saturated heterocycles. The van der Waals surface area contributed by atoms with Crippen LogP contribution in [0.5, 0.6) is 0 Å². The molecule has 1 unspecified atom stereocenters. The van der Waals surface area contributed by atoms with Gasteiger partial charge in [0.1, 0.15) is 0 Å². The number of amides is 1. The third kappa shape index (κ3) is 5.03. The van der Waals surface area contributed by atoms with Crippen molar-refractivity contribution in [2.45, 2.75) is 19.3 Å². The van der Waals surface area contributed by atoms with Crippen molar-refractivity contribution in [3.05, 3.63) is 29.8 Å². The Morgan fingerprint density at radius 2 is 2.04 bits per heavy atom. The SMILES string of the molecule is O=C(Nc1ccc(CCN2CCOCC2)cc1)C1CCCNC1. The van der Waals surface area contributed by atoms with Crippen LogP contribution in [0.2, 0.25) is 0 Å². The van der Waals surface area contributed by atoms with E-state index in [1.807, 2.05) is 12.1 Å². The van der Waals surface area contributed by atoms with E-state index in [0.717, 1.165) is 70.9 Å². The first kappa shape index (κ1) is 16.4. The summed E-state index contributed by atoms with van der Waals surface area (Å²) in [4.78, 5) is 14.7. The monoisotopic (exact) mass is 317 g/mol. The highest BCUT2D eigenvalue weighted by Crippen LogP contribution is 2.15. The van der Waals surface area contributed by atoms with Crippen molar-refractivity contribution >= 4 is 11.6 Å². The van der Waals surface area contributed by atoms with Crippen LogP contribution in [0.3, 0.4) is 0 Å². The van der Waals surface area contributed by atoms with Gasteiger partial charge in [-0.2, -0.15) is 0 Å². The zero-order valence-electron chi connectivity index (χ0n) is 13.7. The summed E-state index contributed by atoms with van der Waals surface area (Å²) in [6.45, 7) is 6.66. The van der Waals surface area contributed by atoms with Gasteiger partial charge in [-0.1, -0.05) is 12.1 Å². The number of benzene rings is 1. The van der Waals surface area contributed by atoms with Gasteiger partial charge >= 0.3 is 0 Å². The van der Waals surface area contributed by atoms with E-state index in [-0.39, 0.29) is 11.8 Å². The molecular weight excluding hydrogens is 290 g/mol. The maximum Gasteiger partial charge on any atom is 0.228 e. The number of carbonyl (C=O) groups is 1. The smallest absolute Gasteiger partial charge is 0.228 e. The van der Waals surface area contributed by atoms with Gasteiger partial charge in [-0.05, 0) is 43.5 Å². The van der Waals surface area contributed by atoms with E-state index in [0.29, 0.717) is 0 Å². The Hall–Kier alpha value is -1.43. The van der Waals surface area contributed by atoms with Crippen molar-refractivity contribution in [3.8, 4) is 0 Å². The molecule has 0 aromatic heterocycles. The maximum atomic E-state index is 12.2. The molecule has 0 spiro atoms. The van der Waals surface area contributed by atoms with E-state index in [1.165, 1.54) is 5.56 Å². The molecule has 1 amide bonds. The Morgan fingerprint density at radius 3 is 2.74 bits per heavy atom. The van der Waals surface area contributed by atoms with Crippen LogP contribution in [0.25, 0.3) is 0 Å². The van der Waals surface area contributed by atoms with Crippen molar-refractivity contribution < 1.29 is 9.53 Å². The van der Waals surface area contributed by atoms with Gasteiger partial charge in [-0.15, -0.1) is 0 Å². The summed E-state index contributed by atoms with van der Waals surface area (Å²) in [6, 6.07) is 8.27. The number of anilines is 1. The molecule has 5 nitrogen and oxygen atoms in total. The zero-order chi connectivity index (χ0) is 15.9. The lowest BCUT2D eigenvalue weighted by Gasteiger charge is -2.26. The van der Waals surface area contributed by atoms with Gasteiger partial charge in [0.2, 0.25) is 5.91 Å². The van der Waals surface area contributed by atoms with Gasteiger partial charge in [-0.3, -0.25) is 9.69 Å². The van der Waals surface area contributed by atoms with Crippen molar-refractivity contribution in [2.24, 2.45) is 5.92 Å². The molecule has 0 saturated carbocycles. The highest BCUT2D eigenvalue weighted by atomic mass is 16.5. The number of hydrogen-bond donors (Lipinski definition) is 2. The molecule has 0 aliphatic carbocycles. The summed E-state index contributed by atoms with van der Waals surface area (Å²) in [5.74, 6) is 0.239. The first-order valence-electron chi connectivity index (χ1n) is 8.72. The zero-order valence-corrected chi connectivity index (χ0v) is 13.7. The average Bonchev–Trinajstić information content (AvgIpc) is 2.63. The fraction of sp³-hybridized carbons (Fsp3) is 0.611. The van der Waals surface area contributed by atoms with Crippen LogP contribution in [-0.2, 0) is 16.0 Å². The number of hydrogen-bond acceptors (Lipinski definition) is 4. The Bertz CT molecular complexity index is 491. The van der Waals surface area contributed by atoms with Crippen LogP contribution >= 0.6 is 0 Å². The summed E-state index contributed by atoms with van der Waals surface area (Å²) >= 11 is 0. The third-order valence-electron chi connectivity index (χ3n) is 4.71. The molecule has 0 bridgehead atoms. The molecule has 3 rings (SSSR count). The van der Waals surface area contributed by atoms with Gasteiger partial charge in [0, 0.05) is 31.9 Å². The normalized spacial score (nSPS) is 22.7. The van der Waals surface area contributed by atoms with Gasteiger partial charge in [0.15, 0.2) is 0 Å². The van der Waals surface area contributed by atoms with Gasteiger partial charge in [0.25, 0.3) is 0 Å². The minimum absolute atomic E-state index is 0.102. The molecule has 1 aromatic rings. The summed E-state index contributed by atoms with van der Waals surface area (Å²) in [6.07, 6.45) is 3.11. The van der Waals surface area contributed by atoms with E-state index < -0.39 is 0 Å². The number of piperidine rings is 1. The number of ether oxygens (including phenoxy) is 1. The number of nitrogens with one attached hydrogen (secondary N) is 2. The highest BCUT2D eigenvalue weighted by Gasteiger charge is 2.20. The molecule has 2 N–H and O–H groups in total. The lowest BCUT2D eigenvalue weighted by atomic mass is 9.99. The highest BCUT2D eigenvalue weighted by molar-refractivity contribution is 5.92. The van der Waals surface area contributed by atoms with Crippen molar-refractivity contribution in [1.82, 2.24) is 10.2 Å². The Labute approximate surface area is 138 Å². The summed E-state index contributed by atoms with van der Waals surface area (Å²) in [7, 11) is 0. The second kappa shape index (κ2) is 8.43. The maximum absolute atomic E-state index is 12.2. The Morgan fingerprint density at radius 1 is 1.26 bits per heavy atom. The number of nitrogens with zero attached hydrogens (tertiary/aromatic N) is 1. The molecule has 2 fully saturated rings. The van der Waals surface area contributed by atoms with Crippen LogP contribution in [-0.4, -0.2) is 56.7 Å². The van der Waals surface area contributed by atoms with Crippen molar-refractivity contribution in [3.63, 3.8) is 0 Å². The van der Waals surface area contributed by atoms with E-state index in [9.17, 15) is 4.79 Å². The van der Waals surface area contributed by atoms with Crippen LogP contribution in [0.1, 0.15) is 18.4 Å². The molecule has 2 heterocycles. The van der Waals surface area contributed by atoms with Crippen LogP contribution < -0.4 is 10.6 Å². The standard InChI is InChI=1S/C18H27N3O2/c22-18(16-2-1-8-19-14-16)20-17-5-3-15(4-6-17)7-9-21-10-12-23-13-11-21/h3-6,16,19H,1-2,7-14H2,(H,20,22). The minimum atomic E-state index is 0.102. The average molecular weight is 317 g/mol. The fourth-order valence-electron chi connectivity index (χ4n) is 3.19. The first-order valence-corrected chi connectivity index (χ1v) is 8.72. The summed E-state index contributed by atoms with van der Waals surface area (Å²) in [5.41, 5.74) is 2.21. The number of carbonyl (C=O) groups excluding carboxylic acids is 1. The Balaban J connectivity index is 1.45. The fourth-order valence-corrected chi connectivity index (χ4v) is 3.19. The second-order valence-electron chi connectivity index (χ2n) is 6.43. The topological polar surface area (TPSA) is 53.6 Å². The molecule has 2 aliphatic rings. The minimum Gasteiger partial charge on any atom is -0.379 e. The van der Waals surface area contributed by atoms with E-state index in [1.54, 1.807) is 0 Å². The Kier molecular flexibility index (Phi) is 6.02. The van der Waals surface area contributed by atoms with Crippen molar-refractivity contribution in [1.29, 1.82) is 0 Å². The van der Waals surface area contributed by atoms with Gasteiger partial charge < -0.3 is 15.4 Å². The largest absolute Gasteiger partial charge is 0.379 e. The van der Waals surface area contributed by atoms with Gasteiger partial charge in [0.05, 0.1) is 19.1 Å². The van der Waals surface area contributed by atoms with E-state index >= 15 is 0 Å². The lowest BCUT2D eigenvalue weighted by Crippen LogP contribution is -2.37.